The van der Waals surface area contributed by atoms with Crippen LogP contribution < -0.4 is 0 Å². The summed E-state index contributed by atoms with van der Waals surface area (Å²) in [5.41, 5.74) is 5.59. The molecule has 0 saturated heterocycles. The summed E-state index contributed by atoms with van der Waals surface area (Å²) < 4.78 is 0. The van der Waals surface area contributed by atoms with Crippen molar-refractivity contribution in [3.63, 3.8) is 0 Å². The zero-order valence-electron chi connectivity index (χ0n) is 13.6. The lowest BCUT2D eigenvalue weighted by Gasteiger charge is -2.24. The first-order chi connectivity index (χ1) is 9.56. The van der Waals surface area contributed by atoms with E-state index in [9.17, 15) is 0 Å². The molecule has 2 rings (SSSR count). The third kappa shape index (κ3) is 3.06. The first-order valence-electron chi connectivity index (χ1n) is 7.90. The summed E-state index contributed by atoms with van der Waals surface area (Å²) in [6, 6.07) is 5.25. The van der Waals surface area contributed by atoms with Crippen LogP contribution in [0.15, 0.2) is 18.3 Å². The Morgan fingerprint density at radius 3 is 2.50 bits per heavy atom. The number of hydrogen-bond donors (Lipinski definition) is 1. The van der Waals surface area contributed by atoms with E-state index in [1.54, 1.807) is 0 Å². The third-order valence-electron chi connectivity index (χ3n) is 4.29. The van der Waals surface area contributed by atoms with Crippen LogP contribution in [0.1, 0.15) is 44.4 Å². The van der Waals surface area contributed by atoms with Gasteiger partial charge in [0.05, 0.1) is 0 Å². The molecule has 0 radical (unpaired) electrons. The van der Waals surface area contributed by atoms with Gasteiger partial charge < -0.3 is 9.88 Å². The second kappa shape index (κ2) is 6.45. The van der Waals surface area contributed by atoms with Crippen LogP contribution in [-0.4, -0.2) is 29.0 Å². The molecule has 0 atom stereocenters. The van der Waals surface area contributed by atoms with E-state index in [0.717, 1.165) is 25.9 Å². The lowest BCUT2D eigenvalue weighted by Crippen LogP contribution is -2.32. The number of likely N-dealkylation sites (N-methyl/N-ethyl adjacent to an activating group) is 1. The van der Waals surface area contributed by atoms with E-state index in [1.807, 2.05) is 0 Å². The van der Waals surface area contributed by atoms with Crippen LogP contribution in [0, 0.1) is 6.92 Å². The van der Waals surface area contributed by atoms with Crippen molar-refractivity contribution in [1.82, 2.24) is 9.88 Å². The number of benzene rings is 1. The Hall–Kier alpha value is -1.28. The number of aryl methyl sites for hydroxylation is 2. The molecule has 2 nitrogen and oxygen atoms in total. The molecule has 0 amide bonds. The normalized spacial score (nSPS) is 11.9. The smallest absolute Gasteiger partial charge is 0.0489 e. The zero-order chi connectivity index (χ0) is 14.7. The Morgan fingerprint density at radius 2 is 1.90 bits per heavy atom. The minimum absolute atomic E-state index is 0.623. The quantitative estimate of drug-likeness (QED) is 0.830. The molecule has 1 aromatic heterocycles. The van der Waals surface area contributed by atoms with Crippen LogP contribution >= 0.6 is 0 Å². The highest BCUT2D eigenvalue weighted by atomic mass is 15.1. The number of H-pyrrole nitrogens is 1. The highest BCUT2D eigenvalue weighted by Crippen LogP contribution is 2.24. The van der Waals surface area contributed by atoms with Gasteiger partial charge in [-0.25, -0.2) is 0 Å². The second-order valence-corrected chi connectivity index (χ2v) is 5.99. The van der Waals surface area contributed by atoms with Gasteiger partial charge in [-0.05, 0) is 57.4 Å². The van der Waals surface area contributed by atoms with Crippen molar-refractivity contribution in [3.05, 3.63) is 35.0 Å². The van der Waals surface area contributed by atoms with Gasteiger partial charge in [0.2, 0.25) is 0 Å². The van der Waals surface area contributed by atoms with E-state index in [1.165, 1.54) is 27.6 Å². The summed E-state index contributed by atoms with van der Waals surface area (Å²) in [6.07, 6.45) is 4.42. The average molecular weight is 272 g/mol. The molecule has 0 aliphatic carbocycles. The van der Waals surface area contributed by atoms with E-state index >= 15 is 0 Å². The van der Waals surface area contributed by atoms with Gasteiger partial charge in [0.15, 0.2) is 0 Å². The van der Waals surface area contributed by atoms with Crippen molar-refractivity contribution in [1.29, 1.82) is 0 Å². The molecule has 2 aromatic rings. The maximum Gasteiger partial charge on any atom is 0.0489 e. The second-order valence-electron chi connectivity index (χ2n) is 5.99. The van der Waals surface area contributed by atoms with E-state index in [2.05, 4.69) is 62.8 Å². The van der Waals surface area contributed by atoms with Crippen molar-refractivity contribution in [3.8, 4) is 0 Å². The summed E-state index contributed by atoms with van der Waals surface area (Å²) in [6.45, 7) is 13.5. The Morgan fingerprint density at radius 1 is 1.15 bits per heavy atom. The molecule has 110 valence electrons. The fraction of sp³-hybridized carbons (Fsp3) is 0.556. The standard InChI is InChI=1S/C18H28N2/c1-6-15-10-14(5)11-17-16(12-19-18(15)17)8-9-20(7-2)13(3)4/h10-13,19H,6-9H2,1-5H3. The first-order valence-corrected chi connectivity index (χ1v) is 7.90. The molecular formula is C18H28N2. The molecule has 0 spiro atoms. The number of nitrogens with zero attached hydrogens (tertiary/aromatic N) is 1. The fourth-order valence-corrected chi connectivity index (χ4v) is 3.05. The molecule has 0 aliphatic rings. The summed E-state index contributed by atoms with van der Waals surface area (Å²) in [4.78, 5) is 6.01. The van der Waals surface area contributed by atoms with Crippen molar-refractivity contribution < 1.29 is 0 Å². The topological polar surface area (TPSA) is 19.0 Å². The summed E-state index contributed by atoms with van der Waals surface area (Å²) in [7, 11) is 0. The Balaban J connectivity index is 2.25. The summed E-state index contributed by atoms with van der Waals surface area (Å²) in [5, 5.41) is 1.42. The molecule has 1 N–H and O–H groups in total. The predicted octanol–water partition coefficient (Wildman–Crippen LogP) is 4.31. The number of rotatable bonds is 6. The summed E-state index contributed by atoms with van der Waals surface area (Å²) in [5.74, 6) is 0. The Kier molecular flexibility index (Phi) is 4.87. The van der Waals surface area contributed by atoms with Gasteiger partial charge in [0.1, 0.15) is 0 Å². The van der Waals surface area contributed by atoms with E-state index in [-0.39, 0.29) is 0 Å². The minimum Gasteiger partial charge on any atom is -0.361 e. The van der Waals surface area contributed by atoms with Crippen molar-refractivity contribution in [2.45, 2.75) is 53.5 Å². The van der Waals surface area contributed by atoms with Crippen molar-refractivity contribution >= 4 is 10.9 Å². The third-order valence-corrected chi connectivity index (χ3v) is 4.29. The first kappa shape index (κ1) is 15.1. The molecule has 2 heteroatoms. The van der Waals surface area contributed by atoms with Gasteiger partial charge in [0, 0.05) is 29.7 Å². The number of nitrogens with one attached hydrogen (secondary N) is 1. The Labute approximate surface area is 123 Å². The highest BCUT2D eigenvalue weighted by molar-refractivity contribution is 5.86. The predicted molar refractivity (Wildman–Crippen MR) is 88.5 cm³/mol. The van der Waals surface area contributed by atoms with E-state index in [4.69, 9.17) is 0 Å². The minimum atomic E-state index is 0.623. The van der Waals surface area contributed by atoms with Crippen molar-refractivity contribution in [2.24, 2.45) is 0 Å². The number of hydrogen-bond acceptors (Lipinski definition) is 1. The van der Waals surface area contributed by atoms with Gasteiger partial charge in [0.25, 0.3) is 0 Å². The Bertz CT molecular complexity index is 566. The molecule has 0 fully saturated rings. The van der Waals surface area contributed by atoms with Gasteiger partial charge in [-0.3, -0.25) is 0 Å². The SMILES string of the molecule is CCc1cc(C)cc2c(CCN(CC)C(C)C)c[nH]c12. The monoisotopic (exact) mass is 272 g/mol. The van der Waals surface area contributed by atoms with Crippen molar-refractivity contribution in [2.75, 3.05) is 13.1 Å². The van der Waals surface area contributed by atoms with Gasteiger partial charge in [-0.2, -0.15) is 0 Å². The molecule has 1 heterocycles. The molecule has 0 saturated carbocycles. The number of fused-ring (bicyclic) bond motifs is 1. The maximum atomic E-state index is 3.49. The van der Waals surface area contributed by atoms with Crippen LogP contribution in [0.5, 0.6) is 0 Å². The van der Waals surface area contributed by atoms with Gasteiger partial charge in [-0.15, -0.1) is 0 Å². The fourth-order valence-electron chi connectivity index (χ4n) is 3.05. The number of aromatic nitrogens is 1. The van der Waals surface area contributed by atoms with Crippen LogP contribution in [-0.2, 0) is 12.8 Å². The zero-order valence-corrected chi connectivity index (χ0v) is 13.6. The highest BCUT2D eigenvalue weighted by Gasteiger charge is 2.11. The van der Waals surface area contributed by atoms with Gasteiger partial charge in [-0.1, -0.05) is 25.5 Å². The molecule has 0 bridgehead atoms. The van der Waals surface area contributed by atoms with Crippen LogP contribution in [0.2, 0.25) is 0 Å². The number of aromatic amines is 1. The molecule has 20 heavy (non-hydrogen) atoms. The van der Waals surface area contributed by atoms with Crippen LogP contribution in [0.4, 0.5) is 0 Å². The van der Waals surface area contributed by atoms with Crippen LogP contribution in [0.25, 0.3) is 10.9 Å². The molecule has 0 aliphatic heterocycles. The molecule has 0 unspecified atom stereocenters. The average Bonchev–Trinajstić information content (AvgIpc) is 2.81. The summed E-state index contributed by atoms with van der Waals surface area (Å²) >= 11 is 0. The van der Waals surface area contributed by atoms with Gasteiger partial charge >= 0.3 is 0 Å². The molecular weight excluding hydrogens is 244 g/mol. The largest absolute Gasteiger partial charge is 0.361 e. The van der Waals surface area contributed by atoms with E-state index < -0.39 is 0 Å². The van der Waals surface area contributed by atoms with E-state index in [0.29, 0.717) is 6.04 Å². The van der Waals surface area contributed by atoms with Crippen LogP contribution in [0.3, 0.4) is 0 Å². The molecule has 1 aromatic carbocycles. The maximum absolute atomic E-state index is 3.49. The lowest BCUT2D eigenvalue weighted by molar-refractivity contribution is 0.237. The lowest BCUT2D eigenvalue weighted by atomic mass is 10.0.